The zero-order chi connectivity index (χ0) is 20.5. The van der Waals surface area contributed by atoms with E-state index < -0.39 is 0 Å². The SMILES string of the molecule is CCCCCCCCCc1ccc(SSc2c(Cl)c(Cl)c(Cl)c(Cl)c2Cl)cc1. The highest BCUT2D eigenvalue weighted by Crippen LogP contribution is 2.51. The molecular formula is C21H23Cl5S2. The fraction of sp³-hybridized carbons (Fsp3) is 0.429. The molecule has 0 aliphatic heterocycles. The van der Waals surface area contributed by atoms with Gasteiger partial charge in [-0.25, -0.2) is 0 Å². The van der Waals surface area contributed by atoms with Gasteiger partial charge in [0.2, 0.25) is 0 Å². The van der Waals surface area contributed by atoms with Crippen LogP contribution in [0.5, 0.6) is 0 Å². The van der Waals surface area contributed by atoms with Crippen LogP contribution < -0.4 is 0 Å². The van der Waals surface area contributed by atoms with Crippen LogP contribution in [-0.2, 0) is 6.42 Å². The largest absolute Gasteiger partial charge is 0.0813 e. The zero-order valence-electron chi connectivity index (χ0n) is 15.7. The summed E-state index contributed by atoms with van der Waals surface area (Å²) in [6, 6.07) is 8.61. The molecule has 2 aromatic carbocycles. The van der Waals surface area contributed by atoms with Crippen molar-refractivity contribution in [3.05, 3.63) is 54.9 Å². The van der Waals surface area contributed by atoms with Crippen molar-refractivity contribution in [1.29, 1.82) is 0 Å². The molecule has 0 atom stereocenters. The third kappa shape index (κ3) is 7.38. The molecule has 2 rings (SSSR count). The molecule has 0 heterocycles. The molecule has 0 amide bonds. The van der Waals surface area contributed by atoms with Gasteiger partial charge in [0.1, 0.15) is 0 Å². The van der Waals surface area contributed by atoms with Crippen LogP contribution in [-0.4, -0.2) is 0 Å². The maximum absolute atomic E-state index is 6.28. The number of unbranched alkanes of at least 4 members (excludes halogenated alkanes) is 6. The van der Waals surface area contributed by atoms with E-state index in [4.69, 9.17) is 58.0 Å². The summed E-state index contributed by atoms with van der Waals surface area (Å²) in [5, 5.41) is 1.29. The van der Waals surface area contributed by atoms with Gasteiger partial charge in [-0.2, -0.15) is 0 Å². The van der Waals surface area contributed by atoms with Gasteiger partial charge in [-0.3, -0.25) is 0 Å². The molecule has 0 aliphatic carbocycles. The van der Waals surface area contributed by atoms with Gasteiger partial charge in [0.15, 0.2) is 0 Å². The minimum Gasteiger partial charge on any atom is -0.0813 e. The molecule has 2 aromatic rings. The Kier molecular flexibility index (Phi) is 11.6. The summed E-state index contributed by atoms with van der Waals surface area (Å²) in [5.74, 6) is 0. The van der Waals surface area contributed by atoms with Gasteiger partial charge in [-0.1, -0.05) is 126 Å². The van der Waals surface area contributed by atoms with Crippen molar-refractivity contribution in [2.24, 2.45) is 0 Å². The van der Waals surface area contributed by atoms with Crippen LogP contribution in [0, 0.1) is 0 Å². The van der Waals surface area contributed by atoms with Gasteiger partial charge >= 0.3 is 0 Å². The Bertz CT molecular complexity index is 733. The Morgan fingerprint density at radius 1 is 0.607 bits per heavy atom. The maximum atomic E-state index is 6.28. The maximum Gasteiger partial charge on any atom is 0.0809 e. The van der Waals surface area contributed by atoms with Crippen molar-refractivity contribution >= 4 is 79.6 Å². The van der Waals surface area contributed by atoms with Crippen LogP contribution in [0.4, 0.5) is 0 Å². The number of rotatable bonds is 11. The monoisotopic (exact) mass is 514 g/mol. The Morgan fingerprint density at radius 3 is 1.68 bits per heavy atom. The van der Waals surface area contributed by atoms with Crippen molar-refractivity contribution < 1.29 is 0 Å². The summed E-state index contributed by atoms with van der Waals surface area (Å²) in [4.78, 5) is 1.74. The normalized spacial score (nSPS) is 11.2. The van der Waals surface area contributed by atoms with Crippen molar-refractivity contribution in [3.8, 4) is 0 Å². The quantitative estimate of drug-likeness (QED) is 0.126. The molecule has 154 valence electrons. The van der Waals surface area contributed by atoms with Gasteiger partial charge in [0.05, 0.1) is 30.0 Å². The molecule has 0 fully saturated rings. The van der Waals surface area contributed by atoms with Gasteiger partial charge in [-0.05, 0) is 41.3 Å². The van der Waals surface area contributed by atoms with E-state index >= 15 is 0 Å². The van der Waals surface area contributed by atoms with Gasteiger partial charge in [-0.15, -0.1) is 0 Å². The number of benzene rings is 2. The minimum absolute atomic E-state index is 0.183. The second-order valence-electron chi connectivity index (χ2n) is 6.58. The lowest BCUT2D eigenvalue weighted by molar-refractivity contribution is 0.589. The van der Waals surface area contributed by atoms with Crippen LogP contribution in [0.25, 0.3) is 0 Å². The average molecular weight is 517 g/mol. The Hall–Kier alpha value is 0.590. The van der Waals surface area contributed by atoms with Gasteiger partial charge in [0.25, 0.3) is 0 Å². The van der Waals surface area contributed by atoms with Crippen molar-refractivity contribution in [2.75, 3.05) is 0 Å². The average Bonchev–Trinajstić information content (AvgIpc) is 2.71. The highest BCUT2D eigenvalue weighted by atomic mass is 35.5. The van der Waals surface area contributed by atoms with Crippen LogP contribution in [0.1, 0.15) is 57.4 Å². The van der Waals surface area contributed by atoms with Crippen LogP contribution >= 0.6 is 79.6 Å². The molecule has 0 aromatic heterocycles. The van der Waals surface area contributed by atoms with E-state index in [-0.39, 0.29) is 15.1 Å². The first-order valence-corrected chi connectivity index (χ1v) is 13.4. The molecule has 0 radical (unpaired) electrons. The fourth-order valence-electron chi connectivity index (χ4n) is 2.75. The van der Waals surface area contributed by atoms with Crippen LogP contribution in [0.15, 0.2) is 34.1 Å². The van der Waals surface area contributed by atoms with E-state index in [0.717, 1.165) is 11.3 Å². The Balaban J connectivity index is 1.84. The number of halogens is 5. The van der Waals surface area contributed by atoms with Gasteiger partial charge < -0.3 is 0 Å². The van der Waals surface area contributed by atoms with Crippen LogP contribution in [0.3, 0.4) is 0 Å². The summed E-state index contributed by atoms with van der Waals surface area (Å²) in [6.07, 6.45) is 10.4. The van der Waals surface area contributed by atoms with E-state index in [9.17, 15) is 0 Å². The molecular weight excluding hydrogens is 494 g/mol. The van der Waals surface area contributed by atoms with E-state index in [2.05, 4.69) is 31.2 Å². The molecule has 28 heavy (non-hydrogen) atoms. The number of aryl methyl sites for hydroxylation is 1. The first-order chi connectivity index (χ1) is 13.5. The second kappa shape index (κ2) is 13.1. The molecule has 0 unspecified atom stereocenters. The predicted octanol–water partition coefficient (Wildman–Crippen LogP) is 11.0. The lowest BCUT2D eigenvalue weighted by atomic mass is 10.0. The Labute approximate surface area is 201 Å². The van der Waals surface area contributed by atoms with E-state index in [1.807, 2.05) is 0 Å². The fourth-order valence-corrected chi connectivity index (χ4v) is 6.65. The molecule has 7 heteroatoms. The van der Waals surface area contributed by atoms with Crippen molar-refractivity contribution in [3.63, 3.8) is 0 Å². The highest BCUT2D eigenvalue weighted by molar-refractivity contribution is 8.76. The molecule has 0 nitrogen and oxygen atoms in total. The molecule has 0 aliphatic rings. The minimum atomic E-state index is 0.183. The van der Waals surface area contributed by atoms with Gasteiger partial charge in [0, 0.05) is 4.90 Å². The smallest absolute Gasteiger partial charge is 0.0809 e. The summed E-state index contributed by atoms with van der Waals surface area (Å²) < 4.78 is 0. The second-order valence-corrected chi connectivity index (χ2v) is 10.7. The molecule has 0 saturated carbocycles. The summed E-state index contributed by atoms with van der Waals surface area (Å²) in [5.41, 5.74) is 1.37. The predicted molar refractivity (Wildman–Crippen MR) is 131 cm³/mol. The summed E-state index contributed by atoms with van der Waals surface area (Å²) >= 11 is 30.9. The highest BCUT2D eigenvalue weighted by Gasteiger charge is 2.20. The van der Waals surface area contributed by atoms with E-state index in [1.165, 1.54) is 61.3 Å². The van der Waals surface area contributed by atoms with E-state index in [1.54, 1.807) is 10.8 Å². The summed E-state index contributed by atoms with van der Waals surface area (Å²) in [6.45, 7) is 2.25. The molecule has 0 saturated heterocycles. The zero-order valence-corrected chi connectivity index (χ0v) is 21.1. The molecule has 0 spiro atoms. The standard InChI is InChI=1S/C21H23Cl5S2/c1-2-3-4-5-6-7-8-9-14-10-12-15(13-11-14)27-28-21-19(25)17(23)16(22)18(24)20(21)26/h10-13H,2-9H2,1H3. The topological polar surface area (TPSA) is 0 Å². The number of hydrogen-bond donors (Lipinski definition) is 0. The lowest BCUT2D eigenvalue weighted by Crippen LogP contribution is -1.86. The third-order valence-electron chi connectivity index (χ3n) is 4.38. The van der Waals surface area contributed by atoms with Crippen LogP contribution in [0.2, 0.25) is 25.1 Å². The summed E-state index contributed by atoms with van der Waals surface area (Å²) in [7, 11) is 2.99. The Morgan fingerprint density at radius 2 is 1.11 bits per heavy atom. The molecule has 0 bridgehead atoms. The third-order valence-corrected chi connectivity index (χ3v) is 9.33. The first kappa shape index (κ1) is 24.9. The first-order valence-electron chi connectivity index (χ1n) is 9.40. The van der Waals surface area contributed by atoms with Crippen molar-refractivity contribution in [1.82, 2.24) is 0 Å². The lowest BCUT2D eigenvalue weighted by Gasteiger charge is -2.11. The van der Waals surface area contributed by atoms with Crippen molar-refractivity contribution in [2.45, 2.75) is 68.1 Å². The van der Waals surface area contributed by atoms with E-state index in [0.29, 0.717) is 14.9 Å². The molecule has 0 N–H and O–H groups in total. The number of hydrogen-bond acceptors (Lipinski definition) is 2.